The first kappa shape index (κ1) is 11.6. The monoisotopic (exact) mass is 228 g/mol. The van der Waals surface area contributed by atoms with E-state index in [0.717, 1.165) is 11.7 Å². The third kappa shape index (κ3) is 3.63. The van der Waals surface area contributed by atoms with Crippen molar-refractivity contribution in [3.05, 3.63) is 35.2 Å². The normalized spacial score (nSPS) is 12.5. The summed E-state index contributed by atoms with van der Waals surface area (Å²) in [6, 6.07) is 6.44. The first-order valence-electron chi connectivity index (χ1n) is 4.17. The maximum absolute atomic E-state index is 10.9. The first-order valence-corrected chi connectivity index (χ1v) is 6.13. The molecule has 0 radical (unpaired) electrons. The molecule has 0 aliphatic rings. The average molecular weight is 228 g/mol. The summed E-state index contributed by atoms with van der Waals surface area (Å²) in [5.41, 5.74) is 0.432. The second kappa shape index (κ2) is 4.35. The van der Waals surface area contributed by atoms with Gasteiger partial charge in [0.1, 0.15) is 11.5 Å². The van der Waals surface area contributed by atoms with E-state index >= 15 is 0 Å². The Morgan fingerprint density at radius 3 is 2.27 bits per heavy atom. The van der Waals surface area contributed by atoms with Crippen molar-refractivity contribution in [3.8, 4) is 5.75 Å². The van der Waals surface area contributed by atoms with Gasteiger partial charge in [-0.1, -0.05) is 0 Å². The van der Waals surface area contributed by atoms with Crippen LogP contribution in [0.15, 0.2) is 29.7 Å². The molecule has 0 aliphatic carbocycles. The molecule has 0 atom stereocenters. The molecule has 0 saturated heterocycles. The van der Waals surface area contributed by atoms with E-state index in [1.165, 1.54) is 7.11 Å². The van der Waals surface area contributed by atoms with E-state index in [2.05, 4.69) is 0 Å². The van der Waals surface area contributed by atoms with E-state index in [9.17, 15) is 13.5 Å². The van der Waals surface area contributed by atoms with Gasteiger partial charge in [-0.25, -0.2) is 8.42 Å². The van der Waals surface area contributed by atoms with E-state index in [-0.39, 0.29) is 5.76 Å². The highest BCUT2D eigenvalue weighted by Gasteiger charge is 2.03. The zero-order chi connectivity index (χ0) is 11.5. The molecule has 0 heterocycles. The Kier molecular flexibility index (Phi) is 3.36. The molecule has 5 heteroatoms. The lowest BCUT2D eigenvalue weighted by molar-refractivity contribution is 0.414. The Bertz CT molecular complexity index is 457. The zero-order valence-electron chi connectivity index (χ0n) is 8.47. The molecule has 0 unspecified atom stereocenters. The summed E-state index contributed by atoms with van der Waals surface area (Å²) in [5.74, 6) is 0.367. The van der Waals surface area contributed by atoms with Crippen molar-refractivity contribution in [2.75, 3.05) is 13.4 Å². The van der Waals surface area contributed by atoms with Crippen LogP contribution in [0.25, 0.3) is 5.76 Å². The number of ether oxygens (including phenoxy) is 1. The maximum Gasteiger partial charge on any atom is 0.172 e. The topological polar surface area (TPSA) is 63.6 Å². The Hall–Kier alpha value is -1.49. The third-order valence-electron chi connectivity index (χ3n) is 1.71. The van der Waals surface area contributed by atoms with Gasteiger partial charge in [-0.2, -0.15) is 0 Å². The number of rotatable bonds is 3. The molecule has 15 heavy (non-hydrogen) atoms. The van der Waals surface area contributed by atoms with Crippen LogP contribution in [0.2, 0.25) is 0 Å². The van der Waals surface area contributed by atoms with Crippen LogP contribution < -0.4 is 4.74 Å². The highest BCUT2D eigenvalue weighted by molar-refractivity contribution is 7.93. The average Bonchev–Trinajstić information content (AvgIpc) is 2.15. The van der Waals surface area contributed by atoms with Crippen LogP contribution in [-0.2, 0) is 9.84 Å². The summed E-state index contributed by atoms with van der Waals surface area (Å²) >= 11 is 0. The Labute approximate surface area is 88.7 Å². The van der Waals surface area contributed by atoms with Gasteiger partial charge in [0, 0.05) is 11.8 Å². The molecule has 0 spiro atoms. The standard InChI is InChI=1S/C10H12O4S/c1-14-9-5-3-8(4-6-9)10(11)7-15(2,12)13/h3-7,11H,1-2H3. The van der Waals surface area contributed by atoms with Crippen molar-refractivity contribution in [1.29, 1.82) is 0 Å². The smallest absolute Gasteiger partial charge is 0.172 e. The summed E-state index contributed by atoms with van der Waals surface area (Å²) < 4.78 is 26.7. The lowest BCUT2D eigenvalue weighted by Gasteiger charge is -2.02. The van der Waals surface area contributed by atoms with Gasteiger partial charge in [0.05, 0.1) is 12.5 Å². The molecule has 0 aliphatic heterocycles. The first-order chi connectivity index (χ1) is 6.92. The molecule has 4 nitrogen and oxygen atoms in total. The quantitative estimate of drug-likeness (QED) is 0.798. The highest BCUT2D eigenvalue weighted by Crippen LogP contribution is 2.17. The van der Waals surface area contributed by atoms with Crippen LogP contribution in [0.4, 0.5) is 0 Å². The molecular weight excluding hydrogens is 216 g/mol. The number of sulfone groups is 1. The largest absolute Gasteiger partial charge is 0.507 e. The van der Waals surface area contributed by atoms with Gasteiger partial charge in [-0.05, 0) is 24.3 Å². The van der Waals surface area contributed by atoms with Crippen molar-refractivity contribution in [1.82, 2.24) is 0 Å². The molecule has 82 valence electrons. The number of hydrogen-bond donors (Lipinski definition) is 1. The van der Waals surface area contributed by atoms with Gasteiger partial charge in [0.2, 0.25) is 0 Å². The minimum Gasteiger partial charge on any atom is -0.507 e. The van der Waals surface area contributed by atoms with Crippen molar-refractivity contribution >= 4 is 15.6 Å². The Balaban J connectivity index is 3.02. The number of aliphatic hydroxyl groups is 1. The molecule has 0 bridgehead atoms. The van der Waals surface area contributed by atoms with Crippen molar-refractivity contribution in [3.63, 3.8) is 0 Å². The maximum atomic E-state index is 10.9. The Morgan fingerprint density at radius 1 is 1.33 bits per heavy atom. The molecule has 1 aromatic carbocycles. The predicted octanol–water partition coefficient (Wildman–Crippen LogP) is 1.60. The van der Waals surface area contributed by atoms with Crippen molar-refractivity contribution < 1.29 is 18.3 Å². The van der Waals surface area contributed by atoms with Crippen LogP contribution in [0, 0.1) is 0 Å². The molecule has 0 fully saturated rings. The van der Waals surface area contributed by atoms with Crippen LogP contribution in [-0.4, -0.2) is 26.9 Å². The molecule has 0 aromatic heterocycles. The van der Waals surface area contributed by atoms with E-state index in [1.54, 1.807) is 24.3 Å². The van der Waals surface area contributed by atoms with Gasteiger partial charge in [0.15, 0.2) is 9.84 Å². The molecule has 1 N–H and O–H groups in total. The van der Waals surface area contributed by atoms with E-state index in [4.69, 9.17) is 4.74 Å². The van der Waals surface area contributed by atoms with Crippen molar-refractivity contribution in [2.24, 2.45) is 0 Å². The van der Waals surface area contributed by atoms with E-state index in [1.807, 2.05) is 0 Å². The fraction of sp³-hybridized carbons (Fsp3) is 0.200. The molecule has 1 aromatic rings. The second-order valence-corrected chi connectivity index (χ2v) is 4.96. The fourth-order valence-corrected chi connectivity index (χ4v) is 1.57. The summed E-state index contributed by atoms with van der Waals surface area (Å²) in [6.45, 7) is 0. The van der Waals surface area contributed by atoms with Gasteiger partial charge in [0.25, 0.3) is 0 Å². The fourth-order valence-electron chi connectivity index (χ4n) is 1.03. The molecule has 0 amide bonds. The van der Waals surface area contributed by atoms with Crippen molar-refractivity contribution in [2.45, 2.75) is 0 Å². The summed E-state index contributed by atoms with van der Waals surface area (Å²) in [4.78, 5) is 0. The number of methoxy groups -OCH3 is 1. The predicted molar refractivity (Wildman–Crippen MR) is 58.4 cm³/mol. The van der Waals surface area contributed by atoms with Gasteiger partial charge in [-0.3, -0.25) is 0 Å². The molecule has 0 saturated carbocycles. The van der Waals surface area contributed by atoms with E-state index < -0.39 is 9.84 Å². The second-order valence-electron chi connectivity index (χ2n) is 3.06. The molecular formula is C10H12O4S. The lowest BCUT2D eigenvalue weighted by Crippen LogP contribution is -1.93. The molecule has 1 rings (SSSR count). The SMILES string of the molecule is COc1ccc(C(O)=CS(C)(=O)=O)cc1. The van der Waals surface area contributed by atoms with E-state index in [0.29, 0.717) is 11.3 Å². The minimum absolute atomic E-state index is 0.278. The van der Waals surface area contributed by atoms with Crippen LogP contribution in [0.5, 0.6) is 5.75 Å². The highest BCUT2D eigenvalue weighted by atomic mass is 32.2. The zero-order valence-corrected chi connectivity index (χ0v) is 9.28. The van der Waals surface area contributed by atoms with Gasteiger partial charge in [-0.15, -0.1) is 0 Å². The summed E-state index contributed by atoms with van der Waals surface area (Å²) in [7, 11) is -1.80. The number of benzene rings is 1. The van der Waals surface area contributed by atoms with Gasteiger partial charge >= 0.3 is 0 Å². The number of hydrogen-bond acceptors (Lipinski definition) is 4. The van der Waals surface area contributed by atoms with Crippen LogP contribution in [0.3, 0.4) is 0 Å². The van der Waals surface area contributed by atoms with Crippen LogP contribution in [0.1, 0.15) is 5.56 Å². The minimum atomic E-state index is -3.33. The summed E-state index contributed by atoms with van der Waals surface area (Å²) in [6.07, 6.45) is 1.02. The number of aliphatic hydroxyl groups excluding tert-OH is 1. The third-order valence-corrected chi connectivity index (χ3v) is 2.36. The van der Waals surface area contributed by atoms with Gasteiger partial charge < -0.3 is 9.84 Å². The lowest BCUT2D eigenvalue weighted by atomic mass is 10.2. The van der Waals surface area contributed by atoms with Crippen LogP contribution >= 0.6 is 0 Å². The Morgan fingerprint density at radius 2 is 1.87 bits per heavy atom. The summed E-state index contributed by atoms with van der Waals surface area (Å²) in [5, 5.41) is 10.3.